The lowest BCUT2D eigenvalue weighted by molar-refractivity contribution is -0.138. The molecule has 1 saturated heterocycles. The molecule has 2 N–H and O–H groups in total. The number of Topliss-reactive ketones (excluding diaryl/α,β-unsaturated/α-hetero) is 1. The Balaban J connectivity index is 1.28. The molecule has 190 valence electrons. The van der Waals surface area contributed by atoms with E-state index in [2.05, 4.69) is 22.4 Å². The van der Waals surface area contributed by atoms with Gasteiger partial charge in [0.15, 0.2) is 5.78 Å². The number of carbonyl (C=O) groups excluding carboxylic acids is 2. The summed E-state index contributed by atoms with van der Waals surface area (Å²) in [6.07, 6.45) is 2.87. The minimum Gasteiger partial charge on any atom is -0.331 e. The third kappa shape index (κ3) is 5.62. The molecule has 3 atom stereocenters. The quantitative estimate of drug-likeness (QED) is 0.381. The Morgan fingerprint density at radius 2 is 1.70 bits per heavy atom. The van der Waals surface area contributed by atoms with Crippen LogP contribution in [-0.2, 0) is 29.5 Å². The molecule has 7 heteroatoms. The summed E-state index contributed by atoms with van der Waals surface area (Å²) in [7, 11) is 1.86. The highest BCUT2D eigenvalue weighted by Gasteiger charge is 2.40. The van der Waals surface area contributed by atoms with Gasteiger partial charge in [-0.3, -0.25) is 9.59 Å². The molecule has 1 aliphatic heterocycles. The number of ketones is 1. The van der Waals surface area contributed by atoms with Crippen molar-refractivity contribution < 1.29 is 9.59 Å². The first-order valence-corrected chi connectivity index (χ1v) is 13.0. The van der Waals surface area contributed by atoms with Gasteiger partial charge in [-0.05, 0) is 54.5 Å². The fourth-order valence-electron chi connectivity index (χ4n) is 5.33. The number of fused-ring (bicyclic) bond motifs is 1. The maximum Gasteiger partial charge on any atom is 0.240 e. The summed E-state index contributed by atoms with van der Waals surface area (Å²) in [5.74, 6) is 0.0753. The number of aryl methyl sites for hydroxylation is 3. The fraction of sp³-hybridized carbons (Fsp3) is 0.333. The summed E-state index contributed by atoms with van der Waals surface area (Å²) in [6, 6.07) is 25.1. The molecule has 0 spiro atoms. The van der Waals surface area contributed by atoms with E-state index in [4.69, 9.17) is 5.73 Å². The maximum absolute atomic E-state index is 13.5. The van der Waals surface area contributed by atoms with Crippen molar-refractivity contribution in [1.82, 2.24) is 19.9 Å². The van der Waals surface area contributed by atoms with E-state index in [-0.39, 0.29) is 17.6 Å². The molecule has 1 fully saturated rings. The van der Waals surface area contributed by atoms with Gasteiger partial charge in [0.05, 0.1) is 17.6 Å². The lowest BCUT2D eigenvalue weighted by Crippen LogP contribution is -2.48. The molecule has 1 aromatic heterocycles. The highest BCUT2D eigenvalue weighted by molar-refractivity contribution is 5.92. The standard InChI is InChI=1S/C30H33N5O2/c1-34-27-16-13-22(18-26(27)32-33-34)14-17-29(36)28-19-24(23-10-6-3-7-11-23)20-35(28)30(37)25(31)15-12-21-8-4-2-5-9-21/h2-11,13,16,18,24-25,28H,12,14-15,17,19-20,31H2,1H3. The van der Waals surface area contributed by atoms with Crippen LogP contribution in [0.5, 0.6) is 0 Å². The molecule has 7 nitrogen and oxygen atoms in total. The molecule has 0 saturated carbocycles. The molecule has 2 heterocycles. The van der Waals surface area contributed by atoms with Crippen LogP contribution >= 0.6 is 0 Å². The van der Waals surface area contributed by atoms with Crippen molar-refractivity contribution in [2.24, 2.45) is 12.8 Å². The van der Waals surface area contributed by atoms with E-state index in [9.17, 15) is 9.59 Å². The van der Waals surface area contributed by atoms with Crippen molar-refractivity contribution >= 4 is 22.7 Å². The van der Waals surface area contributed by atoms with E-state index in [0.717, 1.165) is 34.1 Å². The zero-order valence-corrected chi connectivity index (χ0v) is 21.2. The number of nitrogens with zero attached hydrogens (tertiary/aromatic N) is 4. The van der Waals surface area contributed by atoms with Crippen molar-refractivity contribution in [3.05, 3.63) is 95.6 Å². The topological polar surface area (TPSA) is 94.1 Å². The summed E-state index contributed by atoms with van der Waals surface area (Å²) in [5, 5.41) is 8.24. The highest BCUT2D eigenvalue weighted by atomic mass is 16.2. The fourth-order valence-corrected chi connectivity index (χ4v) is 5.33. The van der Waals surface area contributed by atoms with Crippen molar-refractivity contribution in [2.75, 3.05) is 6.54 Å². The molecule has 1 amide bonds. The Hall–Kier alpha value is -3.84. The number of likely N-dealkylation sites (tertiary alicyclic amines) is 1. The number of aromatic nitrogens is 3. The van der Waals surface area contributed by atoms with Crippen LogP contribution in [-0.4, -0.2) is 50.2 Å². The molecule has 5 rings (SSSR count). The molecule has 0 radical (unpaired) electrons. The largest absolute Gasteiger partial charge is 0.331 e. The molecule has 4 aromatic rings. The number of hydrogen-bond acceptors (Lipinski definition) is 5. The van der Waals surface area contributed by atoms with Crippen LogP contribution in [0.3, 0.4) is 0 Å². The van der Waals surface area contributed by atoms with Crippen LogP contribution in [0.15, 0.2) is 78.9 Å². The van der Waals surface area contributed by atoms with Gasteiger partial charge in [-0.1, -0.05) is 71.9 Å². The highest BCUT2D eigenvalue weighted by Crippen LogP contribution is 2.33. The second kappa shape index (κ2) is 11.0. The summed E-state index contributed by atoms with van der Waals surface area (Å²) in [5.41, 5.74) is 11.5. The number of nitrogens with two attached hydrogens (primary N) is 1. The zero-order valence-electron chi connectivity index (χ0n) is 21.2. The van der Waals surface area contributed by atoms with Gasteiger partial charge in [0.25, 0.3) is 0 Å². The lowest BCUT2D eigenvalue weighted by Gasteiger charge is -2.26. The first-order chi connectivity index (χ1) is 18.0. The minimum absolute atomic E-state index is 0.0845. The van der Waals surface area contributed by atoms with Crippen molar-refractivity contribution in [1.29, 1.82) is 0 Å². The molecular weight excluding hydrogens is 462 g/mol. The van der Waals surface area contributed by atoms with Crippen LogP contribution < -0.4 is 5.73 Å². The van der Waals surface area contributed by atoms with Gasteiger partial charge in [0.1, 0.15) is 5.52 Å². The smallest absolute Gasteiger partial charge is 0.240 e. The third-order valence-electron chi connectivity index (χ3n) is 7.47. The van der Waals surface area contributed by atoms with E-state index in [1.165, 1.54) is 0 Å². The van der Waals surface area contributed by atoms with Gasteiger partial charge < -0.3 is 10.6 Å². The number of amides is 1. The van der Waals surface area contributed by atoms with Gasteiger partial charge in [-0.15, -0.1) is 5.10 Å². The normalized spacial score (nSPS) is 18.3. The van der Waals surface area contributed by atoms with Crippen LogP contribution in [0, 0.1) is 0 Å². The lowest BCUT2D eigenvalue weighted by atomic mass is 9.93. The monoisotopic (exact) mass is 495 g/mol. The predicted molar refractivity (Wildman–Crippen MR) is 144 cm³/mol. The Morgan fingerprint density at radius 3 is 2.46 bits per heavy atom. The van der Waals surface area contributed by atoms with E-state index >= 15 is 0 Å². The summed E-state index contributed by atoms with van der Waals surface area (Å²) in [4.78, 5) is 28.8. The minimum atomic E-state index is -0.635. The maximum atomic E-state index is 13.5. The molecule has 0 bridgehead atoms. The van der Waals surface area contributed by atoms with Gasteiger partial charge in [0.2, 0.25) is 5.91 Å². The summed E-state index contributed by atoms with van der Waals surface area (Å²) < 4.78 is 1.73. The average Bonchev–Trinajstić information content (AvgIpc) is 3.55. The van der Waals surface area contributed by atoms with Gasteiger partial charge >= 0.3 is 0 Å². The number of rotatable bonds is 9. The third-order valence-corrected chi connectivity index (χ3v) is 7.47. The predicted octanol–water partition coefficient (Wildman–Crippen LogP) is 3.81. The van der Waals surface area contributed by atoms with Crippen molar-refractivity contribution in [3.63, 3.8) is 0 Å². The Morgan fingerprint density at radius 1 is 0.973 bits per heavy atom. The van der Waals surface area contributed by atoms with E-state index in [0.29, 0.717) is 32.2 Å². The van der Waals surface area contributed by atoms with Gasteiger partial charge in [-0.25, -0.2) is 4.68 Å². The van der Waals surface area contributed by atoms with E-state index in [1.807, 2.05) is 73.8 Å². The number of hydrogen-bond donors (Lipinski definition) is 1. The Kier molecular flexibility index (Phi) is 7.42. The molecular formula is C30H33N5O2. The second-order valence-corrected chi connectivity index (χ2v) is 9.98. The molecule has 1 aliphatic rings. The number of benzene rings is 3. The SMILES string of the molecule is Cn1nnc2cc(CCC(=O)C3CC(c4ccccc4)CN3C(=O)C(N)CCc3ccccc3)ccc21. The number of carbonyl (C=O) groups is 2. The van der Waals surface area contributed by atoms with Crippen molar-refractivity contribution in [3.8, 4) is 0 Å². The first kappa shape index (κ1) is 24.8. The van der Waals surface area contributed by atoms with Crippen LogP contribution in [0.1, 0.15) is 41.9 Å². The summed E-state index contributed by atoms with van der Waals surface area (Å²) in [6.45, 7) is 0.518. The molecule has 3 unspecified atom stereocenters. The van der Waals surface area contributed by atoms with Gasteiger partial charge in [0, 0.05) is 25.9 Å². The van der Waals surface area contributed by atoms with Crippen LogP contribution in [0.25, 0.3) is 11.0 Å². The van der Waals surface area contributed by atoms with E-state index in [1.54, 1.807) is 9.58 Å². The van der Waals surface area contributed by atoms with Crippen molar-refractivity contribution in [2.45, 2.75) is 50.1 Å². The second-order valence-electron chi connectivity index (χ2n) is 9.98. The summed E-state index contributed by atoms with van der Waals surface area (Å²) >= 11 is 0. The van der Waals surface area contributed by atoms with Crippen LogP contribution in [0.2, 0.25) is 0 Å². The average molecular weight is 496 g/mol. The van der Waals surface area contributed by atoms with Crippen LogP contribution in [0.4, 0.5) is 0 Å². The van der Waals surface area contributed by atoms with E-state index < -0.39 is 12.1 Å². The van der Waals surface area contributed by atoms with Gasteiger partial charge in [-0.2, -0.15) is 0 Å². The zero-order chi connectivity index (χ0) is 25.8. The Bertz CT molecular complexity index is 1370. The molecule has 37 heavy (non-hydrogen) atoms. The Labute approximate surface area is 217 Å². The molecule has 3 aromatic carbocycles. The molecule has 0 aliphatic carbocycles. The first-order valence-electron chi connectivity index (χ1n) is 13.0.